The minimum atomic E-state index is -0.600. The van der Waals surface area contributed by atoms with E-state index < -0.39 is 11.4 Å². The van der Waals surface area contributed by atoms with Crippen LogP contribution < -0.4 is 9.64 Å². The molecule has 2 aromatic heterocycles. The largest absolute Gasteiger partial charge is 0.490 e. The van der Waals surface area contributed by atoms with Gasteiger partial charge in [-0.25, -0.2) is 24.1 Å². The van der Waals surface area contributed by atoms with Gasteiger partial charge in [-0.05, 0) is 71.6 Å². The summed E-state index contributed by atoms with van der Waals surface area (Å²) in [5.74, 6) is 0.681. The van der Waals surface area contributed by atoms with E-state index in [1.54, 1.807) is 17.3 Å². The summed E-state index contributed by atoms with van der Waals surface area (Å²) in [5.41, 5.74) is 3.20. The van der Waals surface area contributed by atoms with Crippen LogP contribution >= 0.6 is 0 Å². The molecule has 2 saturated heterocycles. The molecule has 11 heteroatoms. The van der Waals surface area contributed by atoms with Gasteiger partial charge in [0.2, 0.25) is 0 Å². The smallest absolute Gasteiger partial charge is 0.410 e. The van der Waals surface area contributed by atoms with Gasteiger partial charge in [0.25, 0.3) is 0 Å². The second kappa shape index (κ2) is 10.3. The molecular formula is C32H37FN6O4. The average Bonchev–Trinajstić information content (AvgIpc) is 3.34. The molecule has 0 saturated carbocycles. The fourth-order valence-corrected chi connectivity index (χ4v) is 6.59. The number of ether oxygens (including phenoxy) is 3. The number of rotatable bonds is 2. The van der Waals surface area contributed by atoms with Crippen LogP contribution in [-0.2, 0) is 9.47 Å². The zero-order chi connectivity index (χ0) is 30.0. The molecule has 0 N–H and O–H groups in total. The monoisotopic (exact) mass is 588 g/mol. The molecule has 7 rings (SSSR count). The number of benzene rings is 2. The molecule has 226 valence electrons. The van der Waals surface area contributed by atoms with Crippen molar-refractivity contribution in [2.24, 2.45) is 0 Å². The number of piperazine rings is 1. The first-order valence-corrected chi connectivity index (χ1v) is 15.0. The highest BCUT2D eigenvalue weighted by atomic mass is 19.1. The van der Waals surface area contributed by atoms with Crippen molar-refractivity contribution < 1.29 is 23.4 Å². The summed E-state index contributed by atoms with van der Waals surface area (Å²) < 4.78 is 36.8. The molecule has 4 aromatic rings. The Kier molecular flexibility index (Phi) is 6.68. The Morgan fingerprint density at radius 2 is 1.95 bits per heavy atom. The Bertz CT molecular complexity index is 1730. The summed E-state index contributed by atoms with van der Waals surface area (Å²) in [6.07, 6.45) is 5.83. The molecule has 0 aliphatic carbocycles. The number of carbonyl (C=O) groups excluding carboxylic acids is 1. The highest BCUT2D eigenvalue weighted by Gasteiger charge is 2.40. The average molecular weight is 589 g/mol. The predicted molar refractivity (Wildman–Crippen MR) is 161 cm³/mol. The van der Waals surface area contributed by atoms with Crippen molar-refractivity contribution in [3.63, 3.8) is 0 Å². The fraction of sp³-hybridized carbons (Fsp3) is 0.500. The molecule has 3 aliphatic heterocycles. The second-order valence-corrected chi connectivity index (χ2v) is 12.9. The molecule has 3 atom stereocenters. The number of amides is 1. The number of aryl methyl sites for hydroxylation is 1. The van der Waals surface area contributed by atoms with E-state index in [-0.39, 0.29) is 29.9 Å². The lowest BCUT2D eigenvalue weighted by Crippen LogP contribution is -2.61. The molecule has 1 amide bonds. The topological polar surface area (TPSA) is 94.8 Å². The highest BCUT2D eigenvalue weighted by Crippen LogP contribution is 2.44. The van der Waals surface area contributed by atoms with E-state index in [9.17, 15) is 4.79 Å². The number of nitrogens with zero attached hydrogens (tertiary/aromatic N) is 6. The van der Waals surface area contributed by atoms with Crippen LogP contribution in [0.15, 0.2) is 30.9 Å². The lowest BCUT2D eigenvalue weighted by molar-refractivity contribution is -0.0295. The van der Waals surface area contributed by atoms with Gasteiger partial charge in [0.05, 0.1) is 28.8 Å². The summed E-state index contributed by atoms with van der Waals surface area (Å²) in [4.78, 5) is 30.7. The Morgan fingerprint density at radius 1 is 1.12 bits per heavy atom. The summed E-state index contributed by atoms with van der Waals surface area (Å²) in [7, 11) is 0. The minimum absolute atomic E-state index is 0.0842. The molecule has 43 heavy (non-hydrogen) atoms. The predicted octanol–water partition coefficient (Wildman–Crippen LogP) is 6.00. The van der Waals surface area contributed by atoms with E-state index in [0.29, 0.717) is 53.3 Å². The van der Waals surface area contributed by atoms with E-state index in [0.717, 1.165) is 36.9 Å². The van der Waals surface area contributed by atoms with E-state index in [4.69, 9.17) is 19.2 Å². The maximum Gasteiger partial charge on any atom is 0.410 e. The van der Waals surface area contributed by atoms with Gasteiger partial charge in [-0.3, -0.25) is 0 Å². The number of aromatic nitrogens is 4. The van der Waals surface area contributed by atoms with Gasteiger partial charge >= 0.3 is 6.09 Å². The summed E-state index contributed by atoms with van der Waals surface area (Å²) in [6.45, 7) is 11.4. The van der Waals surface area contributed by atoms with Crippen LogP contribution in [0.3, 0.4) is 0 Å². The van der Waals surface area contributed by atoms with Gasteiger partial charge < -0.3 is 28.6 Å². The lowest BCUT2D eigenvalue weighted by atomic mass is 9.96. The number of halogens is 1. The minimum Gasteiger partial charge on any atom is -0.490 e. The zero-order valence-electron chi connectivity index (χ0n) is 25.3. The molecule has 5 heterocycles. The molecule has 0 bridgehead atoms. The van der Waals surface area contributed by atoms with Crippen molar-refractivity contribution in [2.45, 2.75) is 77.8 Å². The first-order chi connectivity index (χ1) is 20.6. The van der Waals surface area contributed by atoms with Crippen LogP contribution in [0.5, 0.6) is 5.75 Å². The molecule has 1 unspecified atom stereocenters. The third-order valence-corrected chi connectivity index (χ3v) is 8.66. The number of carbonyl (C=O) groups is 1. The van der Waals surface area contributed by atoms with Crippen LogP contribution in [0.2, 0.25) is 0 Å². The van der Waals surface area contributed by atoms with Crippen LogP contribution in [0, 0.1) is 12.7 Å². The summed E-state index contributed by atoms with van der Waals surface area (Å²) >= 11 is 0. The standard InChI is InChI=1S/C32H37FN6O4/c1-18-9-10-22-28(36-17-39(22)24-8-6-7-11-41-24)25(18)21-12-23-26-29(27(21)33)34-16-35-30(26)38-13-19(2)37(14-20(38)15-42-23)31(40)43-32(3,4)5/h9-10,12,16-17,19-20,24H,6-8,11,13-15H2,1-5H3/t19-,20+,24?/m1/s1. The third-order valence-electron chi connectivity index (χ3n) is 8.66. The first kappa shape index (κ1) is 27.8. The SMILES string of the molecule is Cc1ccc2c(ncn2C2CCCCO2)c1-c1cc2c3c(ncnc3c1F)N1C[C@@H](C)N(C(=O)OC(C)(C)C)C[C@H]1CO2. The normalized spacial score (nSPS) is 22.3. The van der Waals surface area contributed by atoms with Gasteiger partial charge in [0, 0.05) is 36.9 Å². The number of hydrogen-bond donors (Lipinski definition) is 0. The van der Waals surface area contributed by atoms with Gasteiger partial charge in [0.1, 0.15) is 41.8 Å². The lowest BCUT2D eigenvalue weighted by Gasteiger charge is -2.44. The third kappa shape index (κ3) is 4.74. The maximum atomic E-state index is 16.6. The molecule has 0 spiro atoms. The van der Waals surface area contributed by atoms with Crippen molar-refractivity contribution in [1.82, 2.24) is 24.4 Å². The van der Waals surface area contributed by atoms with Crippen molar-refractivity contribution in [1.29, 1.82) is 0 Å². The molecule has 3 aliphatic rings. The quantitative estimate of drug-likeness (QED) is 0.282. The van der Waals surface area contributed by atoms with Crippen LogP contribution in [0.25, 0.3) is 33.1 Å². The fourth-order valence-electron chi connectivity index (χ4n) is 6.59. The summed E-state index contributed by atoms with van der Waals surface area (Å²) in [5, 5.41) is 0.537. The summed E-state index contributed by atoms with van der Waals surface area (Å²) in [6, 6.07) is 5.44. The van der Waals surface area contributed by atoms with Crippen molar-refractivity contribution in [3.8, 4) is 16.9 Å². The number of imidazole rings is 1. The number of hydrogen-bond acceptors (Lipinski definition) is 8. The molecule has 2 fully saturated rings. The Labute approximate surface area is 249 Å². The Morgan fingerprint density at radius 3 is 2.72 bits per heavy atom. The van der Waals surface area contributed by atoms with Crippen LogP contribution in [0.4, 0.5) is 15.0 Å². The molecule has 0 radical (unpaired) electrons. The van der Waals surface area contributed by atoms with Crippen LogP contribution in [-0.4, -0.2) is 74.5 Å². The number of anilines is 1. The zero-order valence-corrected chi connectivity index (χ0v) is 25.3. The van der Waals surface area contributed by atoms with Gasteiger partial charge in [0.15, 0.2) is 5.82 Å². The van der Waals surface area contributed by atoms with Gasteiger partial charge in [-0.15, -0.1) is 0 Å². The Balaban J connectivity index is 1.30. The van der Waals surface area contributed by atoms with Crippen molar-refractivity contribution in [2.75, 3.05) is 31.2 Å². The first-order valence-electron chi connectivity index (χ1n) is 15.0. The van der Waals surface area contributed by atoms with Gasteiger partial charge in [-0.1, -0.05) is 6.07 Å². The van der Waals surface area contributed by atoms with Gasteiger partial charge in [-0.2, -0.15) is 0 Å². The van der Waals surface area contributed by atoms with E-state index >= 15 is 4.39 Å². The highest BCUT2D eigenvalue weighted by molar-refractivity contribution is 6.02. The van der Waals surface area contributed by atoms with Crippen molar-refractivity contribution >= 4 is 33.8 Å². The maximum absolute atomic E-state index is 16.6. The molecule has 2 aromatic carbocycles. The van der Waals surface area contributed by atoms with E-state index in [2.05, 4.69) is 19.4 Å². The number of fused-ring (bicyclic) bond motifs is 3. The van der Waals surface area contributed by atoms with E-state index in [1.807, 2.05) is 46.8 Å². The molecule has 10 nitrogen and oxygen atoms in total. The second-order valence-electron chi connectivity index (χ2n) is 12.9. The van der Waals surface area contributed by atoms with Crippen molar-refractivity contribution in [3.05, 3.63) is 42.2 Å². The molecular weight excluding hydrogens is 551 g/mol. The Hall–Kier alpha value is -3.99. The van der Waals surface area contributed by atoms with E-state index in [1.165, 1.54) is 6.33 Å². The van der Waals surface area contributed by atoms with Crippen LogP contribution in [0.1, 0.15) is 58.7 Å².